The fraction of sp³-hybridized carbons (Fsp3) is 0.200. The van der Waals surface area contributed by atoms with Crippen LogP contribution in [0.25, 0.3) is 0 Å². The lowest BCUT2D eigenvalue weighted by atomic mass is 10.3. The Hall–Kier alpha value is -1.94. The van der Waals surface area contributed by atoms with Gasteiger partial charge in [-0.1, -0.05) is 23.9 Å². The van der Waals surface area contributed by atoms with Crippen LogP contribution in [-0.2, 0) is 17.1 Å². The van der Waals surface area contributed by atoms with Crippen molar-refractivity contribution in [2.45, 2.75) is 10.1 Å². The van der Waals surface area contributed by atoms with Crippen LogP contribution in [0.15, 0.2) is 38.7 Å². The number of aryl methyl sites for hydroxylation is 1. The molecule has 0 saturated carbocycles. The van der Waals surface area contributed by atoms with Crippen molar-refractivity contribution in [1.82, 2.24) is 20.2 Å². The second-order valence-corrected chi connectivity index (χ2v) is 6.52. The highest BCUT2D eigenvalue weighted by Crippen LogP contribution is 2.27. The molecule has 8 nitrogen and oxygen atoms in total. The molecule has 0 saturated heterocycles. The lowest BCUT2D eigenvalue weighted by Gasteiger charge is -2.17. The molecule has 1 aliphatic heterocycles. The lowest BCUT2D eigenvalue weighted by molar-refractivity contribution is 0.598. The molecule has 10 heteroatoms. The highest BCUT2D eigenvalue weighted by atomic mass is 32.2. The van der Waals surface area contributed by atoms with E-state index in [1.165, 1.54) is 22.5 Å². The first kappa shape index (κ1) is 13.1. The van der Waals surface area contributed by atoms with Gasteiger partial charge < -0.3 is 5.32 Å². The van der Waals surface area contributed by atoms with Crippen LogP contribution in [-0.4, -0.2) is 40.2 Å². The first-order chi connectivity index (χ1) is 9.56. The van der Waals surface area contributed by atoms with Crippen molar-refractivity contribution in [2.24, 2.45) is 11.4 Å². The van der Waals surface area contributed by atoms with Crippen molar-refractivity contribution in [3.05, 3.63) is 24.3 Å². The Morgan fingerprint density at radius 2 is 2.15 bits per heavy atom. The minimum Gasteiger partial charge on any atom is -0.341 e. The number of anilines is 1. The SMILES string of the molecule is Cn1nnnc1SCC1=NS(=O)(=O)c2ccccc2N1. The molecule has 0 amide bonds. The summed E-state index contributed by atoms with van der Waals surface area (Å²) in [6, 6.07) is 6.66. The second kappa shape index (κ2) is 4.87. The summed E-state index contributed by atoms with van der Waals surface area (Å²) < 4.78 is 29.3. The molecular formula is C10H10N6O2S2. The third-order valence-electron chi connectivity index (χ3n) is 2.59. The quantitative estimate of drug-likeness (QED) is 0.824. The minimum atomic E-state index is -3.64. The molecule has 104 valence electrons. The molecule has 0 unspecified atom stereocenters. The Kier molecular flexibility index (Phi) is 3.18. The summed E-state index contributed by atoms with van der Waals surface area (Å²) in [6.45, 7) is 0. The molecule has 2 heterocycles. The molecule has 3 rings (SSSR count). The summed E-state index contributed by atoms with van der Waals surface area (Å²) in [5.74, 6) is 0.693. The highest BCUT2D eigenvalue weighted by molar-refractivity contribution is 8.00. The zero-order chi connectivity index (χ0) is 14.2. The zero-order valence-electron chi connectivity index (χ0n) is 10.4. The number of amidine groups is 1. The number of nitrogens with zero attached hydrogens (tertiary/aromatic N) is 5. The predicted molar refractivity (Wildman–Crippen MR) is 74.2 cm³/mol. The minimum absolute atomic E-state index is 0.189. The monoisotopic (exact) mass is 310 g/mol. The molecule has 0 aliphatic carbocycles. The number of para-hydroxylation sites is 1. The summed E-state index contributed by atoms with van der Waals surface area (Å²) in [6.07, 6.45) is 0. The smallest absolute Gasteiger partial charge is 0.286 e. The van der Waals surface area contributed by atoms with Crippen LogP contribution in [0.5, 0.6) is 0 Å². The second-order valence-electron chi connectivity index (χ2n) is 4.01. The van der Waals surface area contributed by atoms with E-state index < -0.39 is 10.0 Å². The molecule has 0 atom stereocenters. The van der Waals surface area contributed by atoms with Crippen molar-refractivity contribution in [2.75, 3.05) is 11.1 Å². The number of hydrogen-bond acceptors (Lipinski definition) is 7. The number of thioether (sulfide) groups is 1. The number of tetrazole rings is 1. The molecule has 0 spiro atoms. The summed E-state index contributed by atoms with van der Waals surface area (Å²) in [7, 11) is -1.93. The van der Waals surface area contributed by atoms with Crippen LogP contribution in [0.1, 0.15) is 0 Å². The number of hydrogen-bond donors (Lipinski definition) is 1. The normalized spacial score (nSPS) is 16.1. The van der Waals surface area contributed by atoms with E-state index in [1.807, 2.05) is 0 Å². The van der Waals surface area contributed by atoms with Gasteiger partial charge >= 0.3 is 0 Å². The van der Waals surface area contributed by atoms with Crippen molar-refractivity contribution < 1.29 is 8.42 Å². The van der Waals surface area contributed by atoms with Gasteiger partial charge in [-0.2, -0.15) is 8.42 Å². The maximum atomic E-state index is 12.0. The molecule has 1 aromatic heterocycles. The number of fused-ring (bicyclic) bond motifs is 1. The Morgan fingerprint density at radius 1 is 1.35 bits per heavy atom. The lowest BCUT2D eigenvalue weighted by Crippen LogP contribution is -2.23. The van der Waals surface area contributed by atoms with Crippen molar-refractivity contribution in [1.29, 1.82) is 0 Å². The molecular weight excluding hydrogens is 300 g/mol. The van der Waals surface area contributed by atoms with Gasteiger partial charge in [0.25, 0.3) is 10.0 Å². The molecule has 20 heavy (non-hydrogen) atoms. The highest BCUT2D eigenvalue weighted by Gasteiger charge is 2.24. The largest absolute Gasteiger partial charge is 0.341 e. The predicted octanol–water partition coefficient (Wildman–Crippen LogP) is 0.515. The Morgan fingerprint density at radius 3 is 2.90 bits per heavy atom. The average molecular weight is 310 g/mol. The molecule has 1 aromatic carbocycles. The van der Waals surface area contributed by atoms with Crippen LogP contribution < -0.4 is 5.32 Å². The number of nitrogens with one attached hydrogen (secondary N) is 1. The van der Waals surface area contributed by atoms with Crippen LogP contribution in [0, 0.1) is 0 Å². The summed E-state index contributed by atoms with van der Waals surface area (Å²) in [4.78, 5) is 0.189. The van der Waals surface area contributed by atoms with E-state index in [9.17, 15) is 8.42 Å². The Balaban J connectivity index is 1.83. The summed E-state index contributed by atoms with van der Waals surface area (Å²) in [5, 5.41) is 14.6. The standard InChI is InChI=1S/C10H10N6O2S2/c1-16-10(12-14-15-16)19-6-9-11-7-4-2-3-5-8(7)20(17,18)13-9/h2-5H,6H2,1H3,(H,11,13). The summed E-state index contributed by atoms with van der Waals surface area (Å²) >= 11 is 1.30. The Labute approximate surface area is 119 Å². The number of sulfonamides is 1. The van der Waals surface area contributed by atoms with Gasteiger partial charge in [-0.05, 0) is 22.6 Å². The van der Waals surface area contributed by atoms with Crippen LogP contribution in [0.3, 0.4) is 0 Å². The van der Waals surface area contributed by atoms with E-state index in [0.717, 1.165) is 0 Å². The zero-order valence-corrected chi connectivity index (χ0v) is 12.0. The van der Waals surface area contributed by atoms with Crippen molar-refractivity contribution in [3.8, 4) is 0 Å². The van der Waals surface area contributed by atoms with Crippen LogP contribution in [0.2, 0.25) is 0 Å². The van der Waals surface area contributed by atoms with E-state index in [4.69, 9.17) is 0 Å². The number of benzene rings is 1. The Bertz CT molecular complexity index is 783. The van der Waals surface area contributed by atoms with E-state index in [1.54, 1.807) is 25.2 Å². The van der Waals surface area contributed by atoms with E-state index in [-0.39, 0.29) is 4.90 Å². The van der Waals surface area contributed by atoms with Gasteiger partial charge in [0.2, 0.25) is 5.16 Å². The average Bonchev–Trinajstić information content (AvgIpc) is 2.81. The van der Waals surface area contributed by atoms with Gasteiger partial charge in [0, 0.05) is 7.05 Å². The topological polar surface area (TPSA) is 102 Å². The molecule has 0 fully saturated rings. The van der Waals surface area contributed by atoms with Gasteiger partial charge in [-0.25, -0.2) is 4.68 Å². The van der Waals surface area contributed by atoms with Crippen molar-refractivity contribution >= 4 is 33.3 Å². The van der Waals surface area contributed by atoms with Gasteiger partial charge in [0.15, 0.2) is 0 Å². The van der Waals surface area contributed by atoms with Crippen LogP contribution in [0.4, 0.5) is 5.69 Å². The maximum Gasteiger partial charge on any atom is 0.286 e. The van der Waals surface area contributed by atoms with Gasteiger partial charge in [-0.3, -0.25) is 0 Å². The third kappa shape index (κ3) is 2.39. The molecule has 0 radical (unpaired) electrons. The summed E-state index contributed by atoms with van der Waals surface area (Å²) in [5.41, 5.74) is 0.536. The van der Waals surface area contributed by atoms with Gasteiger partial charge in [-0.15, -0.1) is 9.50 Å². The molecule has 1 N–H and O–H groups in total. The molecule has 1 aliphatic rings. The first-order valence-corrected chi connectivity index (χ1v) is 8.04. The number of aromatic nitrogens is 4. The fourth-order valence-corrected chi connectivity index (χ4v) is 3.65. The van der Waals surface area contributed by atoms with E-state index in [0.29, 0.717) is 22.4 Å². The van der Waals surface area contributed by atoms with Crippen LogP contribution >= 0.6 is 11.8 Å². The number of rotatable bonds is 3. The molecule has 0 bridgehead atoms. The molecule has 2 aromatic rings. The maximum absolute atomic E-state index is 12.0. The van der Waals surface area contributed by atoms with Gasteiger partial charge in [0.1, 0.15) is 10.7 Å². The fourth-order valence-electron chi connectivity index (χ4n) is 1.71. The third-order valence-corrected chi connectivity index (χ3v) is 4.99. The van der Waals surface area contributed by atoms with Gasteiger partial charge in [0.05, 0.1) is 11.4 Å². The van der Waals surface area contributed by atoms with E-state index >= 15 is 0 Å². The van der Waals surface area contributed by atoms with E-state index in [2.05, 4.69) is 25.2 Å². The first-order valence-electron chi connectivity index (χ1n) is 5.61. The van der Waals surface area contributed by atoms with Crippen molar-refractivity contribution in [3.63, 3.8) is 0 Å².